The summed E-state index contributed by atoms with van der Waals surface area (Å²) in [5.41, 5.74) is 1.02. The highest BCUT2D eigenvalue weighted by atomic mass is 127. The molecular weight excluding hydrogens is 484 g/mol. The number of guanidine groups is 1. The third kappa shape index (κ3) is 9.17. The highest BCUT2D eigenvalue weighted by Crippen LogP contribution is 2.35. The molecule has 5 nitrogen and oxygen atoms in total. The van der Waals surface area contributed by atoms with Crippen LogP contribution in [0.2, 0.25) is 0 Å². The molecule has 1 saturated heterocycles. The van der Waals surface area contributed by atoms with Gasteiger partial charge in [0.05, 0.1) is 13.2 Å². The van der Waals surface area contributed by atoms with Gasteiger partial charge in [0, 0.05) is 38.3 Å². The Balaban J connectivity index is 0.00000420. The van der Waals surface area contributed by atoms with E-state index in [0.717, 1.165) is 50.5 Å². The van der Waals surface area contributed by atoms with E-state index in [1.165, 1.54) is 12.1 Å². The van der Waals surface area contributed by atoms with Crippen molar-refractivity contribution in [2.75, 3.05) is 46.1 Å². The smallest absolute Gasteiger partial charge is 0.191 e. The lowest BCUT2D eigenvalue weighted by Gasteiger charge is -2.36. The topological polar surface area (TPSA) is 54.9 Å². The summed E-state index contributed by atoms with van der Waals surface area (Å²) in [6, 6.07) is 6.85. The van der Waals surface area contributed by atoms with E-state index in [1.807, 2.05) is 12.1 Å². The van der Waals surface area contributed by atoms with Gasteiger partial charge in [-0.2, -0.15) is 0 Å². The number of benzene rings is 1. The maximum absolute atomic E-state index is 13.4. The second-order valence-corrected chi connectivity index (χ2v) is 7.82. The fourth-order valence-electron chi connectivity index (χ4n) is 3.34. The van der Waals surface area contributed by atoms with Crippen molar-refractivity contribution in [3.8, 4) is 0 Å². The van der Waals surface area contributed by atoms with Crippen LogP contribution in [0.4, 0.5) is 4.39 Å². The standard InChI is InChI=1S/C22H36FN3O2.HI/c1-4-24-21(25-12-16-27-13-9-18(2)3)26-17-22(10-14-28-15-11-22)19-5-7-20(23)8-6-19;/h5-8,18H,4,9-17H2,1-3H3,(H2,24,25,26);1H. The van der Waals surface area contributed by atoms with Crippen LogP contribution < -0.4 is 10.6 Å². The summed E-state index contributed by atoms with van der Waals surface area (Å²) in [5, 5.41) is 6.65. The van der Waals surface area contributed by atoms with Crippen LogP contribution in [-0.4, -0.2) is 52.0 Å². The first-order valence-corrected chi connectivity index (χ1v) is 10.5. The summed E-state index contributed by atoms with van der Waals surface area (Å²) in [5.74, 6) is 1.25. The van der Waals surface area contributed by atoms with E-state index in [-0.39, 0.29) is 35.2 Å². The van der Waals surface area contributed by atoms with Gasteiger partial charge in [-0.25, -0.2) is 4.39 Å². The fourth-order valence-corrected chi connectivity index (χ4v) is 3.34. The lowest BCUT2D eigenvalue weighted by Crippen LogP contribution is -2.42. The van der Waals surface area contributed by atoms with Gasteiger partial charge >= 0.3 is 0 Å². The molecule has 1 aliphatic heterocycles. The average molecular weight is 521 g/mol. The largest absolute Gasteiger partial charge is 0.381 e. The van der Waals surface area contributed by atoms with Crippen LogP contribution in [-0.2, 0) is 14.9 Å². The lowest BCUT2D eigenvalue weighted by molar-refractivity contribution is 0.0530. The predicted molar refractivity (Wildman–Crippen MR) is 128 cm³/mol. The van der Waals surface area contributed by atoms with Crippen molar-refractivity contribution in [1.29, 1.82) is 0 Å². The van der Waals surface area contributed by atoms with E-state index in [4.69, 9.17) is 14.5 Å². The van der Waals surface area contributed by atoms with Gasteiger partial charge in [0.2, 0.25) is 0 Å². The van der Waals surface area contributed by atoms with Crippen LogP contribution >= 0.6 is 24.0 Å². The molecule has 2 rings (SSSR count). The first-order valence-electron chi connectivity index (χ1n) is 10.5. The van der Waals surface area contributed by atoms with Gasteiger partial charge in [-0.15, -0.1) is 24.0 Å². The quantitative estimate of drug-likeness (QED) is 0.211. The monoisotopic (exact) mass is 521 g/mol. The first kappa shape index (κ1) is 26.1. The summed E-state index contributed by atoms with van der Waals surface area (Å²) in [6.45, 7) is 11.5. The van der Waals surface area contributed by atoms with Crippen molar-refractivity contribution < 1.29 is 13.9 Å². The van der Waals surface area contributed by atoms with Gasteiger partial charge in [0.1, 0.15) is 5.82 Å². The normalized spacial score (nSPS) is 16.4. The minimum Gasteiger partial charge on any atom is -0.381 e. The van der Waals surface area contributed by atoms with Gasteiger partial charge in [-0.1, -0.05) is 26.0 Å². The predicted octanol–water partition coefficient (Wildman–Crippen LogP) is 4.11. The van der Waals surface area contributed by atoms with Gasteiger partial charge in [0.15, 0.2) is 5.96 Å². The molecule has 0 aromatic heterocycles. The fraction of sp³-hybridized carbons (Fsp3) is 0.682. The van der Waals surface area contributed by atoms with Crippen LogP contribution in [0.3, 0.4) is 0 Å². The molecule has 0 atom stereocenters. The van der Waals surface area contributed by atoms with Gasteiger partial charge in [0.25, 0.3) is 0 Å². The number of hydrogen-bond donors (Lipinski definition) is 2. The molecular formula is C22H37FIN3O2. The zero-order valence-corrected chi connectivity index (χ0v) is 20.3. The van der Waals surface area contributed by atoms with Crippen molar-refractivity contribution in [2.45, 2.75) is 45.4 Å². The second-order valence-electron chi connectivity index (χ2n) is 7.82. The van der Waals surface area contributed by atoms with Crippen LogP contribution in [0.15, 0.2) is 29.3 Å². The summed E-state index contributed by atoms with van der Waals surface area (Å²) >= 11 is 0. The van der Waals surface area contributed by atoms with Crippen LogP contribution in [0.5, 0.6) is 0 Å². The summed E-state index contributed by atoms with van der Waals surface area (Å²) in [4.78, 5) is 4.84. The van der Waals surface area contributed by atoms with Crippen LogP contribution in [0.25, 0.3) is 0 Å². The molecule has 0 amide bonds. The second kappa shape index (κ2) is 14.1. The van der Waals surface area contributed by atoms with E-state index in [9.17, 15) is 4.39 Å². The SMILES string of the molecule is CCNC(=NCC1(c2ccc(F)cc2)CCOCC1)NCCOCCC(C)C.I. The Kier molecular flexibility index (Phi) is 12.7. The van der Waals surface area contributed by atoms with Crippen molar-refractivity contribution in [1.82, 2.24) is 10.6 Å². The number of rotatable bonds is 10. The Morgan fingerprint density at radius 2 is 1.86 bits per heavy atom. The minimum atomic E-state index is -0.207. The molecule has 1 heterocycles. The molecule has 29 heavy (non-hydrogen) atoms. The van der Waals surface area contributed by atoms with Crippen molar-refractivity contribution >= 4 is 29.9 Å². The van der Waals surface area contributed by atoms with E-state index < -0.39 is 0 Å². The summed E-state index contributed by atoms with van der Waals surface area (Å²) in [6.07, 6.45) is 2.86. The van der Waals surface area contributed by atoms with Crippen molar-refractivity contribution in [3.63, 3.8) is 0 Å². The minimum absolute atomic E-state index is 0. The number of halogens is 2. The molecule has 0 spiro atoms. The Morgan fingerprint density at radius 3 is 2.48 bits per heavy atom. The number of nitrogens with zero attached hydrogens (tertiary/aromatic N) is 1. The maximum atomic E-state index is 13.4. The molecule has 0 radical (unpaired) electrons. The molecule has 166 valence electrons. The molecule has 0 saturated carbocycles. The summed E-state index contributed by atoms with van der Waals surface area (Å²) in [7, 11) is 0. The van der Waals surface area contributed by atoms with Gasteiger partial charge in [-0.05, 0) is 49.8 Å². The number of aliphatic imine (C=N–C) groups is 1. The average Bonchev–Trinajstić information content (AvgIpc) is 2.69. The zero-order valence-electron chi connectivity index (χ0n) is 18.0. The van der Waals surface area contributed by atoms with Crippen molar-refractivity contribution in [2.24, 2.45) is 10.9 Å². The number of nitrogens with one attached hydrogen (secondary N) is 2. The lowest BCUT2D eigenvalue weighted by atomic mass is 9.74. The molecule has 0 aliphatic carbocycles. The molecule has 2 N–H and O–H groups in total. The van der Waals surface area contributed by atoms with E-state index in [2.05, 4.69) is 31.4 Å². The van der Waals surface area contributed by atoms with E-state index in [0.29, 0.717) is 32.3 Å². The van der Waals surface area contributed by atoms with E-state index >= 15 is 0 Å². The molecule has 1 aromatic carbocycles. The Morgan fingerprint density at radius 1 is 1.17 bits per heavy atom. The van der Waals surface area contributed by atoms with Crippen molar-refractivity contribution in [3.05, 3.63) is 35.6 Å². The Hall–Kier alpha value is -0.930. The third-order valence-corrected chi connectivity index (χ3v) is 5.17. The maximum Gasteiger partial charge on any atom is 0.191 e. The zero-order chi connectivity index (χ0) is 20.2. The molecule has 7 heteroatoms. The van der Waals surface area contributed by atoms with Crippen LogP contribution in [0.1, 0.15) is 45.6 Å². The van der Waals surface area contributed by atoms with Gasteiger partial charge in [-0.3, -0.25) is 4.99 Å². The molecule has 0 bridgehead atoms. The highest BCUT2D eigenvalue weighted by Gasteiger charge is 2.34. The number of ether oxygens (including phenoxy) is 2. The highest BCUT2D eigenvalue weighted by molar-refractivity contribution is 14.0. The molecule has 0 unspecified atom stereocenters. The van der Waals surface area contributed by atoms with Gasteiger partial charge < -0.3 is 20.1 Å². The molecule has 1 fully saturated rings. The first-order chi connectivity index (χ1) is 13.6. The number of hydrogen-bond acceptors (Lipinski definition) is 3. The molecule has 1 aromatic rings. The van der Waals surface area contributed by atoms with E-state index in [1.54, 1.807) is 0 Å². The summed E-state index contributed by atoms with van der Waals surface area (Å²) < 4.78 is 24.6. The Labute approximate surface area is 192 Å². The Bertz CT molecular complexity index is 590. The van der Waals surface area contributed by atoms with Crippen LogP contribution in [0, 0.1) is 11.7 Å². The molecule has 1 aliphatic rings. The third-order valence-electron chi connectivity index (χ3n) is 5.17.